The summed E-state index contributed by atoms with van der Waals surface area (Å²) in [5.41, 5.74) is 0. The van der Waals surface area contributed by atoms with Crippen LogP contribution in [0.3, 0.4) is 0 Å². The number of para-hydroxylation sites is 2. The fraction of sp³-hybridized carbons (Fsp3) is 0.429. The van der Waals surface area contributed by atoms with Gasteiger partial charge in [0.2, 0.25) is 10.0 Å². The molecule has 3 rings (SSSR count). The predicted octanol–water partition coefficient (Wildman–Crippen LogP) is 5.07. The number of halogens is 1. The van der Waals surface area contributed by atoms with Crippen LogP contribution in [0.25, 0.3) is 0 Å². The highest BCUT2D eigenvalue weighted by Gasteiger charge is 2.29. The van der Waals surface area contributed by atoms with Crippen molar-refractivity contribution >= 4 is 10.0 Å². The van der Waals surface area contributed by atoms with E-state index in [1.54, 1.807) is 13.8 Å². The van der Waals surface area contributed by atoms with E-state index in [-0.39, 0.29) is 0 Å². The van der Waals surface area contributed by atoms with Crippen LogP contribution in [0.15, 0.2) is 60.7 Å². The van der Waals surface area contributed by atoms with Crippen molar-refractivity contribution in [2.75, 3.05) is 0 Å². The number of nitrogens with one attached hydrogen (secondary N) is 1. The minimum Gasteiger partial charge on any atom is -0.457 e. The molecule has 1 saturated carbocycles. The van der Waals surface area contributed by atoms with Crippen LogP contribution >= 0.6 is 0 Å². The van der Waals surface area contributed by atoms with Gasteiger partial charge in [-0.25, -0.2) is 17.5 Å². The summed E-state index contributed by atoms with van der Waals surface area (Å²) in [4.78, 5) is 0. The lowest BCUT2D eigenvalue weighted by atomic mass is 9.95. The van der Waals surface area contributed by atoms with Crippen LogP contribution in [-0.4, -0.2) is 25.9 Å². The molecule has 1 N–H and O–H groups in total. The zero-order chi connectivity index (χ0) is 19.7. The molecule has 0 unspecified atom stereocenters. The van der Waals surface area contributed by atoms with Crippen molar-refractivity contribution in [1.82, 2.24) is 4.72 Å². The minimum absolute atomic E-state index is 0.477. The van der Waals surface area contributed by atoms with E-state index in [1.165, 1.54) is 0 Å². The van der Waals surface area contributed by atoms with E-state index >= 15 is 0 Å². The molecule has 0 spiro atoms. The van der Waals surface area contributed by atoms with Crippen LogP contribution in [0.5, 0.6) is 11.5 Å². The molecule has 27 heavy (non-hydrogen) atoms. The van der Waals surface area contributed by atoms with Gasteiger partial charge in [-0.1, -0.05) is 49.2 Å². The van der Waals surface area contributed by atoms with E-state index in [0.717, 1.165) is 24.3 Å². The normalized spacial score (nSPS) is 19.9. The topological polar surface area (TPSA) is 55.4 Å². The Bertz CT molecular complexity index is 729. The zero-order valence-electron chi connectivity index (χ0n) is 15.8. The number of sulfonamides is 1. The van der Waals surface area contributed by atoms with Crippen molar-refractivity contribution in [2.45, 2.75) is 57.0 Å². The first-order valence-electron chi connectivity index (χ1n) is 9.31. The summed E-state index contributed by atoms with van der Waals surface area (Å²) in [6, 6.07) is 19.0. The van der Waals surface area contributed by atoms with E-state index in [1.807, 2.05) is 60.7 Å². The molecule has 0 aromatic heterocycles. The standard InChI is InChI=1S/C12H10O.C9H18FNO2S/c1-3-7-11(8-4-1)13-12-9-5-2-6-10-12;1-7(2)14(12,13)11-9-6-4-3-5-8(9)10/h1-10H;7-9,11H,3-6H2,1-2H3/t;8-,9-/m.0/s1. The second-order valence-corrected chi connectivity index (χ2v) is 9.12. The average molecular weight is 394 g/mol. The molecular weight excluding hydrogens is 365 g/mol. The molecule has 0 aliphatic heterocycles. The van der Waals surface area contributed by atoms with Gasteiger partial charge in [-0.3, -0.25) is 0 Å². The Labute approximate surface area is 161 Å². The molecule has 4 nitrogen and oxygen atoms in total. The third-order valence-corrected chi connectivity index (χ3v) is 6.21. The number of hydrogen-bond donors (Lipinski definition) is 1. The van der Waals surface area contributed by atoms with Crippen molar-refractivity contribution in [2.24, 2.45) is 0 Å². The molecule has 148 valence electrons. The molecular formula is C21H28FNO3S. The maximum absolute atomic E-state index is 13.3. The third kappa shape index (κ3) is 7.31. The van der Waals surface area contributed by atoms with Crippen molar-refractivity contribution in [3.05, 3.63) is 60.7 Å². The molecule has 0 saturated heterocycles. The highest BCUT2D eigenvalue weighted by Crippen LogP contribution is 2.22. The maximum Gasteiger partial charge on any atom is 0.214 e. The SMILES string of the molecule is CC(C)S(=O)(=O)N[C@H]1CCCC[C@@H]1F.c1ccc(Oc2ccccc2)cc1. The van der Waals surface area contributed by atoms with Gasteiger partial charge in [0.25, 0.3) is 0 Å². The third-order valence-electron chi connectivity index (χ3n) is 4.34. The summed E-state index contributed by atoms with van der Waals surface area (Å²) in [6.45, 7) is 3.19. The fourth-order valence-electron chi connectivity index (χ4n) is 2.68. The number of rotatable bonds is 5. The van der Waals surface area contributed by atoms with Gasteiger partial charge in [-0.15, -0.1) is 0 Å². The number of ether oxygens (including phenoxy) is 1. The van der Waals surface area contributed by atoms with Gasteiger partial charge < -0.3 is 4.74 Å². The van der Waals surface area contributed by atoms with Crippen LogP contribution < -0.4 is 9.46 Å². The van der Waals surface area contributed by atoms with Gasteiger partial charge in [0.15, 0.2) is 0 Å². The smallest absolute Gasteiger partial charge is 0.214 e. The van der Waals surface area contributed by atoms with E-state index in [4.69, 9.17) is 4.74 Å². The number of hydrogen-bond acceptors (Lipinski definition) is 3. The van der Waals surface area contributed by atoms with Crippen molar-refractivity contribution in [3.8, 4) is 11.5 Å². The Balaban J connectivity index is 0.000000194. The largest absolute Gasteiger partial charge is 0.457 e. The van der Waals surface area contributed by atoms with Gasteiger partial charge in [-0.2, -0.15) is 0 Å². The van der Waals surface area contributed by atoms with Gasteiger partial charge in [0.1, 0.15) is 17.7 Å². The minimum atomic E-state index is -3.32. The Morgan fingerprint density at radius 2 is 1.41 bits per heavy atom. The maximum atomic E-state index is 13.3. The summed E-state index contributed by atoms with van der Waals surface area (Å²) < 4.78 is 44.3. The Morgan fingerprint density at radius 3 is 1.85 bits per heavy atom. The quantitative estimate of drug-likeness (QED) is 0.771. The number of benzene rings is 2. The van der Waals surface area contributed by atoms with E-state index in [9.17, 15) is 12.8 Å². The molecule has 6 heteroatoms. The monoisotopic (exact) mass is 393 g/mol. The molecule has 0 amide bonds. The van der Waals surface area contributed by atoms with Gasteiger partial charge in [0.05, 0.1) is 11.3 Å². The summed E-state index contributed by atoms with van der Waals surface area (Å²) >= 11 is 0. The van der Waals surface area contributed by atoms with Crippen LogP contribution in [0.4, 0.5) is 4.39 Å². The van der Waals surface area contributed by atoms with E-state index < -0.39 is 27.5 Å². The first kappa shape index (κ1) is 21.4. The van der Waals surface area contributed by atoms with Crippen LogP contribution in [0.2, 0.25) is 0 Å². The van der Waals surface area contributed by atoms with E-state index in [2.05, 4.69) is 4.72 Å². The van der Waals surface area contributed by atoms with Crippen LogP contribution in [-0.2, 0) is 10.0 Å². The summed E-state index contributed by atoms with van der Waals surface area (Å²) in [5, 5.41) is -0.489. The highest BCUT2D eigenvalue weighted by molar-refractivity contribution is 7.90. The Hall–Kier alpha value is -1.92. The van der Waals surface area contributed by atoms with Crippen molar-refractivity contribution in [1.29, 1.82) is 0 Å². The molecule has 0 heterocycles. The second kappa shape index (κ2) is 10.4. The average Bonchev–Trinajstić information content (AvgIpc) is 2.66. The fourth-order valence-corrected chi connectivity index (χ4v) is 3.64. The van der Waals surface area contributed by atoms with Crippen LogP contribution in [0.1, 0.15) is 39.5 Å². The lowest BCUT2D eigenvalue weighted by Crippen LogP contribution is -2.45. The molecule has 1 aliphatic carbocycles. The van der Waals surface area contributed by atoms with Gasteiger partial charge >= 0.3 is 0 Å². The van der Waals surface area contributed by atoms with Crippen LogP contribution in [0, 0.1) is 0 Å². The molecule has 2 atom stereocenters. The molecule has 2 aromatic carbocycles. The predicted molar refractivity (Wildman–Crippen MR) is 107 cm³/mol. The molecule has 0 bridgehead atoms. The zero-order valence-corrected chi connectivity index (χ0v) is 16.7. The van der Waals surface area contributed by atoms with Gasteiger partial charge in [0, 0.05) is 0 Å². The first-order chi connectivity index (χ1) is 12.9. The Morgan fingerprint density at radius 1 is 0.926 bits per heavy atom. The number of alkyl halides is 1. The molecule has 2 aromatic rings. The highest BCUT2D eigenvalue weighted by atomic mass is 32.2. The molecule has 1 aliphatic rings. The lowest BCUT2D eigenvalue weighted by Gasteiger charge is -2.27. The second-order valence-electron chi connectivity index (χ2n) is 6.85. The van der Waals surface area contributed by atoms with Crippen molar-refractivity contribution in [3.63, 3.8) is 0 Å². The summed E-state index contributed by atoms with van der Waals surface area (Å²) in [5.74, 6) is 1.74. The van der Waals surface area contributed by atoms with E-state index in [0.29, 0.717) is 12.8 Å². The molecule has 1 fully saturated rings. The summed E-state index contributed by atoms with van der Waals surface area (Å²) in [7, 11) is -3.32. The Kier molecular flexibility index (Phi) is 8.25. The molecule has 0 radical (unpaired) electrons. The first-order valence-corrected chi connectivity index (χ1v) is 10.9. The van der Waals surface area contributed by atoms with Crippen molar-refractivity contribution < 1.29 is 17.5 Å². The lowest BCUT2D eigenvalue weighted by molar-refractivity contribution is 0.206. The van der Waals surface area contributed by atoms with Gasteiger partial charge in [-0.05, 0) is 51.0 Å². The summed E-state index contributed by atoms with van der Waals surface area (Å²) in [6.07, 6.45) is 1.85.